The lowest BCUT2D eigenvalue weighted by molar-refractivity contribution is -0.384. The van der Waals surface area contributed by atoms with Crippen molar-refractivity contribution in [3.63, 3.8) is 0 Å². The predicted molar refractivity (Wildman–Crippen MR) is 134 cm³/mol. The lowest BCUT2D eigenvalue weighted by Gasteiger charge is -2.23. The summed E-state index contributed by atoms with van der Waals surface area (Å²) in [5.74, 6) is -0.703. The molecule has 3 aromatic carbocycles. The van der Waals surface area contributed by atoms with Crippen LogP contribution in [0.1, 0.15) is 12.5 Å². The number of halogens is 1. The Labute approximate surface area is 204 Å². The van der Waals surface area contributed by atoms with E-state index in [1.165, 1.54) is 30.3 Å². The van der Waals surface area contributed by atoms with Crippen LogP contribution in [0.5, 0.6) is 0 Å². The first-order valence-electron chi connectivity index (χ1n) is 9.60. The highest BCUT2D eigenvalue weighted by molar-refractivity contribution is 14.1. The SMILES string of the molecule is C/C(=N/NC(=O)CN(c1cccc([N+](=O)[O-])c1)S(=O)(=O)c1ccccc1)c1cccc(I)c1. The third-order valence-corrected chi connectivity index (χ3v) is 7.00. The van der Waals surface area contributed by atoms with Gasteiger partial charge in [0.2, 0.25) is 0 Å². The summed E-state index contributed by atoms with van der Waals surface area (Å²) in [7, 11) is -4.19. The maximum Gasteiger partial charge on any atom is 0.271 e. The number of nitrogens with zero attached hydrogens (tertiary/aromatic N) is 3. The summed E-state index contributed by atoms with van der Waals surface area (Å²) in [6.07, 6.45) is 0. The molecule has 0 aliphatic carbocycles. The van der Waals surface area contributed by atoms with Crippen LogP contribution < -0.4 is 9.73 Å². The van der Waals surface area contributed by atoms with Gasteiger partial charge in [0.05, 0.1) is 21.2 Å². The number of nitro benzene ring substituents is 1. The summed E-state index contributed by atoms with van der Waals surface area (Å²) in [6, 6.07) is 20.1. The second-order valence-corrected chi connectivity index (χ2v) is 9.95. The van der Waals surface area contributed by atoms with Crippen LogP contribution >= 0.6 is 22.6 Å². The molecular formula is C22H19IN4O5S. The van der Waals surface area contributed by atoms with Crippen LogP contribution in [0, 0.1) is 13.7 Å². The van der Waals surface area contributed by atoms with Gasteiger partial charge in [-0.05, 0) is 65.4 Å². The molecule has 0 spiro atoms. The maximum absolute atomic E-state index is 13.3. The summed E-state index contributed by atoms with van der Waals surface area (Å²) < 4.78 is 28.4. The fraction of sp³-hybridized carbons (Fsp3) is 0.0909. The van der Waals surface area contributed by atoms with Crippen LogP contribution in [0.4, 0.5) is 11.4 Å². The van der Waals surface area contributed by atoms with Crippen molar-refractivity contribution in [2.75, 3.05) is 10.8 Å². The van der Waals surface area contributed by atoms with E-state index in [0.29, 0.717) is 5.71 Å². The summed E-state index contributed by atoms with van der Waals surface area (Å²) in [6.45, 7) is 1.09. The molecule has 0 aliphatic heterocycles. The second-order valence-electron chi connectivity index (χ2n) is 6.84. The number of nitrogens with one attached hydrogen (secondary N) is 1. The van der Waals surface area contributed by atoms with E-state index in [9.17, 15) is 23.3 Å². The van der Waals surface area contributed by atoms with Gasteiger partial charge in [-0.15, -0.1) is 0 Å². The van der Waals surface area contributed by atoms with E-state index in [-0.39, 0.29) is 16.3 Å². The van der Waals surface area contributed by atoms with Crippen molar-refractivity contribution < 1.29 is 18.1 Å². The smallest absolute Gasteiger partial charge is 0.271 e. The van der Waals surface area contributed by atoms with Crippen LogP contribution in [-0.2, 0) is 14.8 Å². The van der Waals surface area contributed by atoms with Crippen LogP contribution in [0.3, 0.4) is 0 Å². The number of hydrogen-bond donors (Lipinski definition) is 1. The highest BCUT2D eigenvalue weighted by Crippen LogP contribution is 2.26. The Morgan fingerprint density at radius 1 is 1.06 bits per heavy atom. The van der Waals surface area contributed by atoms with Crippen molar-refractivity contribution >= 4 is 55.6 Å². The van der Waals surface area contributed by atoms with Crippen LogP contribution in [-0.4, -0.2) is 31.5 Å². The summed E-state index contributed by atoms with van der Waals surface area (Å²) >= 11 is 2.16. The number of hydrazone groups is 1. The zero-order valence-electron chi connectivity index (χ0n) is 17.4. The lowest BCUT2D eigenvalue weighted by atomic mass is 10.1. The van der Waals surface area contributed by atoms with Gasteiger partial charge in [-0.25, -0.2) is 13.8 Å². The average molecular weight is 578 g/mol. The highest BCUT2D eigenvalue weighted by atomic mass is 127. The first-order valence-corrected chi connectivity index (χ1v) is 12.1. The van der Waals surface area contributed by atoms with Gasteiger partial charge in [0.25, 0.3) is 21.6 Å². The standard InChI is InChI=1S/C22H19IN4O5S/c1-16(17-7-5-8-18(23)13-17)24-25-22(28)15-26(19-9-6-10-20(14-19)27(29)30)33(31,32)21-11-3-2-4-12-21/h2-14H,15H2,1H3,(H,25,28)/b24-16-. The number of amides is 1. The molecule has 1 amide bonds. The lowest BCUT2D eigenvalue weighted by Crippen LogP contribution is -2.39. The van der Waals surface area contributed by atoms with Crippen molar-refractivity contribution in [1.29, 1.82) is 0 Å². The number of non-ortho nitro benzene ring substituents is 1. The Kier molecular flexibility index (Phi) is 7.76. The van der Waals surface area contributed by atoms with E-state index in [4.69, 9.17) is 0 Å². The molecule has 0 atom stereocenters. The molecule has 0 aliphatic rings. The highest BCUT2D eigenvalue weighted by Gasteiger charge is 2.28. The molecule has 0 heterocycles. The molecule has 0 unspecified atom stereocenters. The predicted octanol–water partition coefficient (Wildman–Crippen LogP) is 3.94. The van der Waals surface area contributed by atoms with Gasteiger partial charge in [0, 0.05) is 15.7 Å². The third-order valence-electron chi connectivity index (χ3n) is 4.54. The molecular weight excluding hydrogens is 559 g/mol. The van der Waals surface area contributed by atoms with Gasteiger partial charge >= 0.3 is 0 Å². The van der Waals surface area contributed by atoms with E-state index < -0.39 is 27.4 Å². The molecule has 0 radical (unpaired) electrons. The minimum absolute atomic E-state index is 0.0125. The number of anilines is 1. The quantitative estimate of drug-likeness (QED) is 0.188. The van der Waals surface area contributed by atoms with E-state index in [1.807, 2.05) is 24.3 Å². The van der Waals surface area contributed by atoms with Crippen molar-refractivity contribution in [2.24, 2.45) is 5.10 Å². The van der Waals surface area contributed by atoms with Gasteiger partial charge in [0.1, 0.15) is 6.54 Å². The fourth-order valence-electron chi connectivity index (χ4n) is 2.89. The number of sulfonamides is 1. The maximum atomic E-state index is 13.3. The number of nitro groups is 1. The number of carbonyl (C=O) groups excluding carboxylic acids is 1. The Morgan fingerprint density at radius 3 is 2.42 bits per heavy atom. The van der Waals surface area contributed by atoms with Crippen LogP contribution in [0.15, 0.2) is 88.9 Å². The Hall–Kier alpha value is -3.32. The van der Waals surface area contributed by atoms with Crippen molar-refractivity contribution in [3.8, 4) is 0 Å². The number of rotatable bonds is 8. The molecule has 170 valence electrons. The first kappa shape index (κ1) is 24.3. The van der Waals surface area contributed by atoms with Crippen LogP contribution in [0.25, 0.3) is 0 Å². The largest absolute Gasteiger partial charge is 0.271 e. The molecule has 1 N–H and O–H groups in total. The van der Waals surface area contributed by atoms with Gasteiger partial charge in [-0.3, -0.25) is 19.2 Å². The average Bonchev–Trinajstić information content (AvgIpc) is 2.81. The summed E-state index contributed by atoms with van der Waals surface area (Å²) in [4.78, 5) is 23.2. The minimum atomic E-state index is -4.19. The van der Waals surface area contributed by atoms with E-state index in [2.05, 4.69) is 33.1 Å². The van der Waals surface area contributed by atoms with Gasteiger partial charge < -0.3 is 0 Å². The molecule has 0 aromatic heterocycles. The minimum Gasteiger partial charge on any atom is -0.271 e. The zero-order chi connectivity index (χ0) is 24.0. The van der Waals surface area contributed by atoms with Gasteiger partial charge in [-0.2, -0.15) is 5.10 Å². The van der Waals surface area contributed by atoms with Crippen LogP contribution in [0.2, 0.25) is 0 Å². The molecule has 0 bridgehead atoms. The number of carbonyl (C=O) groups is 1. The van der Waals surface area contributed by atoms with E-state index in [0.717, 1.165) is 19.5 Å². The van der Waals surface area contributed by atoms with Crippen molar-refractivity contribution in [2.45, 2.75) is 11.8 Å². The number of benzene rings is 3. The van der Waals surface area contributed by atoms with Crippen molar-refractivity contribution in [3.05, 3.63) is 98.1 Å². The Morgan fingerprint density at radius 2 is 1.76 bits per heavy atom. The zero-order valence-corrected chi connectivity index (χ0v) is 20.4. The molecule has 33 heavy (non-hydrogen) atoms. The first-order chi connectivity index (χ1) is 15.7. The normalized spacial score (nSPS) is 11.6. The summed E-state index contributed by atoms with van der Waals surface area (Å²) in [5, 5.41) is 15.3. The van der Waals surface area contributed by atoms with E-state index >= 15 is 0 Å². The molecule has 0 saturated heterocycles. The Bertz CT molecular complexity index is 1310. The topological polar surface area (TPSA) is 122 Å². The number of hydrogen-bond acceptors (Lipinski definition) is 6. The Balaban J connectivity index is 1.91. The van der Waals surface area contributed by atoms with Gasteiger partial charge in [-0.1, -0.05) is 36.4 Å². The summed E-state index contributed by atoms with van der Waals surface area (Å²) in [5.41, 5.74) is 3.40. The molecule has 9 nitrogen and oxygen atoms in total. The molecule has 0 fully saturated rings. The van der Waals surface area contributed by atoms with E-state index in [1.54, 1.807) is 25.1 Å². The molecule has 0 saturated carbocycles. The van der Waals surface area contributed by atoms with Crippen molar-refractivity contribution in [1.82, 2.24) is 5.43 Å². The third kappa shape index (κ3) is 6.14. The molecule has 11 heteroatoms. The second kappa shape index (κ2) is 10.5. The fourth-order valence-corrected chi connectivity index (χ4v) is 4.86. The monoisotopic (exact) mass is 578 g/mol. The molecule has 3 aromatic rings. The van der Waals surface area contributed by atoms with Gasteiger partial charge in [0.15, 0.2) is 0 Å². The molecule has 3 rings (SSSR count).